The fraction of sp³-hybridized carbons (Fsp3) is 0.143. The van der Waals surface area contributed by atoms with Crippen molar-refractivity contribution < 1.29 is 4.79 Å². The van der Waals surface area contributed by atoms with Crippen LogP contribution in [0.2, 0.25) is 0 Å². The van der Waals surface area contributed by atoms with Gasteiger partial charge in [-0.15, -0.1) is 10.2 Å². The lowest BCUT2D eigenvalue weighted by atomic mass is 10.2. The topological polar surface area (TPSA) is 72.7 Å². The Hall–Kier alpha value is -2.54. The first kappa shape index (κ1) is 13.4. The van der Waals surface area contributed by atoms with E-state index in [0.29, 0.717) is 5.82 Å². The van der Waals surface area contributed by atoms with Gasteiger partial charge in [-0.1, -0.05) is 12.1 Å². The summed E-state index contributed by atoms with van der Waals surface area (Å²) in [4.78, 5) is 13.2. The molecule has 0 bridgehead atoms. The van der Waals surface area contributed by atoms with Crippen LogP contribution in [-0.4, -0.2) is 26.1 Å². The second-order valence-electron chi connectivity index (χ2n) is 4.57. The van der Waals surface area contributed by atoms with E-state index in [1.165, 1.54) is 4.80 Å². The summed E-state index contributed by atoms with van der Waals surface area (Å²) in [5.74, 6) is 0.342. The molecule has 2 heterocycles. The summed E-state index contributed by atoms with van der Waals surface area (Å²) in [6.07, 6.45) is 0. The molecule has 0 spiro atoms. The highest BCUT2D eigenvalue weighted by molar-refractivity contribution is 7.08. The van der Waals surface area contributed by atoms with E-state index in [2.05, 4.69) is 20.7 Å². The standard InChI is InChI=1S/C14H13N5OS/c1-10-3-2-4-12(7-10)15-13(20)8-19-17-14(16-18-19)11-5-6-21-9-11/h2-7,9H,8H2,1H3,(H,15,20). The van der Waals surface area contributed by atoms with Gasteiger partial charge >= 0.3 is 0 Å². The number of aryl methyl sites for hydroxylation is 1. The average molecular weight is 299 g/mol. The molecular formula is C14H13N5OS. The molecule has 3 aromatic rings. The first-order chi connectivity index (χ1) is 10.2. The quantitative estimate of drug-likeness (QED) is 0.802. The highest BCUT2D eigenvalue weighted by Gasteiger charge is 2.09. The molecule has 0 aliphatic heterocycles. The van der Waals surface area contributed by atoms with Crippen LogP contribution in [0.1, 0.15) is 5.56 Å². The minimum atomic E-state index is -0.185. The summed E-state index contributed by atoms with van der Waals surface area (Å²) >= 11 is 1.56. The summed E-state index contributed by atoms with van der Waals surface area (Å²) in [7, 11) is 0. The van der Waals surface area contributed by atoms with Crippen LogP contribution in [0.5, 0.6) is 0 Å². The fourth-order valence-electron chi connectivity index (χ4n) is 1.87. The predicted molar refractivity (Wildman–Crippen MR) is 80.9 cm³/mol. The molecule has 0 saturated carbocycles. The lowest BCUT2D eigenvalue weighted by Gasteiger charge is -2.04. The second-order valence-corrected chi connectivity index (χ2v) is 5.35. The molecule has 0 aliphatic carbocycles. The minimum Gasteiger partial charge on any atom is -0.324 e. The molecule has 106 valence electrons. The van der Waals surface area contributed by atoms with Crippen molar-refractivity contribution in [1.82, 2.24) is 20.2 Å². The van der Waals surface area contributed by atoms with Gasteiger partial charge in [-0.25, -0.2) is 0 Å². The van der Waals surface area contributed by atoms with Crippen molar-refractivity contribution >= 4 is 22.9 Å². The molecule has 2 aromatic heterocycles. The highest BCUT2D eigenvalue weighted by atomic mass is 32.1. The number of aromatic nitrogens is 4. The number of benzene rings is 1. The largest absolute Gasteiger partial charge is 0.324 e. The molecule has 0 fully saturated rings. The SMILES string of the molecule is Cc1cccc(NC(=O)Cn2nnc(-c3ccsc3)n2)c1. The van der Waals surface area contributed by atoms with Crippen molar-refractivity contribution in [3.63, 3.8) is 0 Å². The number of amides is 1. The maximum absolute atomic E-state index is 12.0. The van der Waals surface area contributed by atoms with Gasteiger partial charge in [0.1, 0.15) is 6.54 Å². The summed E-state index contributed by atoms with van der Waals surface area (Å²) in [5.41, 5.74) is 2.76. The van der Waals surface area contributed by atoms with Crippen LogP contribution in [0.25, 0.3) is 11.4 Å². The van der Waals surface area contributed by atoms with Crippen LogP contribution in [0.15, 0.2) is 41.1 Å². The first-order valence-corrected chi connectivity index (χ1v) is 7.32. The molecule has 0 unspecified atom stereocenters. The van der Waals surface area contributed by atoms with Crippen molar-refractivity contribution in [3.8, 4) is 11.4 Å². The van der Waals surface area contributed by atoms with Gasteiger partial charge in [-0.05, 0) is 41.3 Å². The number of thiophene rings is 1. The van der Waals surface area contributed by atoms with E-state index >= 15 is 0 Å². The van der Waals surface area contributed by atoms with Gasteiger partial charge in [0.15, 0.2) is 0 Å². The molecule has 0 atom stereocenters. The summed E-state index contributed by atoms with van der Waals surface area (Å²) < 4.78 is 0. The number of carbonyl (C=O) groups excluding carboxylic acids is 1. The van der Waals surface area contributed by atoms with Gasteiger partial charge < -0.3 is 5.32 Å². The Morgan fingerprint density at radius 1 is 1.38 bits per heavy atom. The summed E-state index contributed by atoms with van der Waals surface area (Å²) in [6.45, 7) is 2.01. The van der Waals surface area contributed by atoms with Gasteiger partial charge in [0, 0.05) is 16.6 Å². The molecule has 1 N–H and O–H groups in total. The molecule has 0 radical (unpaired) electrons. The van der Waals surface area contributed by atoms with Crippen LogP contribution >= 0.6 is 11.3 Å². The second kappa shape index (κ2) is 5.84. The number of hydrogen-bond acceptors (Lipinski definition) is 5. The zero-order valence-corrected chi connectivity index (χ0v) is 12.2. The van der Waals surface area contributed by atoms with Crippen LogP contribution in [-0.2, 0) is 11.3 Å². The van der Waals surface area contributed by atoms with E-state index < -0.39 is 0 Å². The summed E-state index contributed by atoms with van der Waals surface area (Å²) in [5, 5.41) is 18.7. The van der Waals surface area contributed by atoms with Crippen molar-refractivity contribution in [2.45, 2.75) is 13.5 Å². The van der Waals surface area contributed by atoms with E-state index in [4.69, 9.17) is 0 Å². The zero-order chi connectivity index (χ0) is 14.7. The van der Waals surface area contributed by atoms with Gasteiger partial charge in [-0.3, -0.25) is 4.79 Å². The lowest BCUT2D eigenvalue weighted by Crippen LogP contribution is -2.20. The normalized spacial score (nSPS) is 10.5. The Kier molecular flexibility index (Phi) is 3.74. The fourth-order valence-corrected chi connectivity index (χ4v) is 2.50. The van der Waals surface area contributed by atoms with E-state index in [-0.39, 0.29) is 12.5 Å². The maximum atomic E-state index is 12.0. The number of nitrogens with zero attached hydrogens (tertiary/aromatic N) is 4. The van der Waals surface area contributed by atoms with E-state index in [9.17, 15) is 4.79 Å². The summed E-state index contributed by atoms with van der Waals surface area (Å²) in [6, 6.07) is 9.54. The molecule has 1 aromatic carbocycles. The van der Waals surface area contributed by atoms with E-state index in [1.54, 1.807) is 11.3 Å². The smallest absolute Gasteiger partial charge is 0.248 e. The lowest BCUT2D eigenvalue weighted by molar-refractivity contribution is -0.117. The molecule has 6 nitrogen and oxygen atoms in total. The highest BCUT2D eigenvalue weighted by Crippen LogP contribution is 2.16. The number of nitrogens with one attached hydrogen (secondary N) is 1. The third-order valence-electron chi connectivity index (χ3n) is 2.82. The Labute approximate surface area is 125 Å². The Balaban J connectivity index is 1.65. The maximum Gasteiger partial charge on any atom is 0.248 e. The Bertz CT molecular complexity index is 750. The number of rotatable bonds is 4. The Morgan fingerprint density at radius 3 is 3.05 bits per heavy atom. The van der Waals surface area contributed by atoms with E-state index in [0.717, 1.165) is 16.8 Å². The van der Waals surface area contributed by atoms with Gasteiger partial charge in [0.2, 0.25) is 11.7 Å². The van der Waals surface area contributed by atoms with Gasteiger partial charge in [-0.2, -0.15) is 16.1 Å². The van der Waals surface area contributed by atoms with Gasteiger partial charge in [0.25, 0.3) is 0 Å². The third kappa shape index (κ3) is 3.32. The van der Waals surface area contributed by atoms with Crippen LogP contribution in [0.3, 0.4) is 0 Å². The van der Waals surface area contributed by atoms with Crippen LogP contribution < -0.4 is 5.32 Å². The van der Waals surface area contributed by atoms with Crippen LogP contribution in [0, 0.1) is 6.92 Å². The van der Waals surface area contributed by atoms with E-state index in [1.807, 2.05) is 48.0 Å². The zero-order valence-electron chi connectivity index (χ0n) is 11.4. The number of tetrazole rings is 1. The number of anilines is 1. The van der Waals surface area contributed by atoms with Crippen molar-refractivity contribution in [3.05, 3.63) is 46.7 Å². The minimum absolute atomic E-state index is 0.0328. The van der Waals surface area contributed by atoms with Crippen molar-refractivity contribution in [1.29, 1.82) is 0 Å². The molecule has 7 heteroatoms. The van der Waals surface area contributed by atoms with Gasteiger partial charge in [0.05, 0.1) is 0 Å². The molecule has 1 amide bonds. The number of hydrogen-bond donors (Lipinski definition) is 1. The van der Waals surface area contributed by atoms with Crippen molar-refractivity contribution in [2.24, 2.45) is 0 Å². The molecule has 3 rings (SSSR count). The predicted octanol–water partition coefficient (Wildman–Crippen LogP) is 2.35. The molecule has 0 aliphatic rings. The van der Waals surface area contributed by atoms with Crippen molar-refractivity contribution in [2.75, 3.05) is 5.32 Å². The molecule has 21 heavy (non-hydrogen) atoms. The molecule has 0 saturated heterocycles. The third-order valence-corrected chi connectivity index (χ3v) is 3.50. The first-order valence-electron chi connectivity index (χ1n) is 6.37. The average Bonchev–Trinajstić information content (AvgIpc) is 3.08. The molecular weight excluding hydrogens is 286 g/mol. The van der Waals surface area contributed by atoms with Crippen LogP contribution in [0.4, 0.5) is 5.69 Å². The Morgan fingerprint density at radius 2 is 2.29 bits per heavy atom. The monoisotopic (exact) mass is 299 g/mol. The number of carbonyl (C=O) groups is 1.